The summed E-state index contributed by atoms with van der Waals surface area (Å²) >= 11 is 1.14. The van der Waals surface area contributed by atoms with Gasteiger partial charge >= 0.3 is 0 Å². The van der Waals surface area contributed by atoms with Crippen molar-refractivity contribution in [2.24, 2.45) is 12.1 Å². The Morgan fingerprint density at radius 1 is 1.32 bits per heavy atom. The number of hydrogen-bond donors (Lipinski definition) is 1. The molecular formula is C19H16N8O3S. The van der Waals surface area contributed by atoms with Gasteiger partial charge in [-0.05, 0) is 36.9 Å². The number of imidazole rings is 1. The number of benzene rings is 1. The Morgan fingerprint density at radius 2 is 2.16 bits per heavy atom. The van der Waals surface area contributed by atoms with E-state index in [1.807, 2.05) is 6.07 Å². The molecule has 0 bridgehead atoms. The van der Waals surface area contributed by atoms with E-state index < -0.39 is 10.8 Å². The Bertz CT molecular complexity index is 1330. The highest BCUT2D eigenvalue weighted by Crippen LogP contribution is 2.33. The van der Waals surface area contributed by atoms with Crippen molar-refractivity contribution in [1.82, 2.24) is 29.6 Å². The summed E-state index contributed by atoms with van der Waals surface area (Å²) < 4.78 is 3.34. The van der Waals surface area contributed by atoms with E-state index >= 15 is 0 Å². The molecule has 1 N–H and O–H groups in total. The number of nitrogens with zero attached hydrogens (tertiary/aromatic N) is 7. The highest BCUT2D eigenvalue weighted by molar-refractivity contribution is 7.99. The molecule has 156 valence electrons. The van der Waals surface area contributed by atoms with Gasteiger partial charge in [0.25, 0.3) is 11.6 Å². The first-order valence-corrected chi connectivity index (χ1v) is 9.83. The highest BCUT2D eigenvalue weighted by Gasteiger charge is 2.18. The fourth-order valence-electron chi connectivity index (χ4n) is 2.91. The number of hydrogen-bond acceptors (Lipinski definition) is 8. The van der Waals surface area contributed by atoms with Crippen LogP contribution in [0.1, 0.15) is 21.7 Å². The zero-order valence-electron chi connectivity index (χ0n) is 16.5. The zero-order valence-corrected chi connectivity index (χ0v) is 17.3. The molecule has 31 heavy (non-hydrogen) atoms. The van der Waals surface area contributed by atoms with Crippen LogP contribution in [-0.2, 0) is 7.05 Å². The number of carbonyl (C=O) groups is 1. The lowest BCUT2D eigenvalue weighted by Gasteiger charge is -2.04. The minimum absolute atomic E-state index is 0.0964. The van der Waals surface area contributed by atoms with Crippen LogP contribution >= 0.6 is 11.8 Å². The monoisotopic (exact) mass is 436 g/mol. The second-order valence-corrected chi connectivity index (χ2v) is 7.49. The second-order valence-electron chi connectivity index (χ2n) is 6.48. The molecule has 4 rings (SSSR count). The largest absolute Gasteiger partial charge is 0.311 e. The minimum atomic E-state index is -0.476. The molecule has 0 unspecified atom stereocenters. The van der Waals surface area contributed by atoms with Gasteiger partial charge in [-0.15, -0.1) is 10.2 Å². The molecule has 0 radical (unpaired) electrons. The number of aryl methyl sites for hydroxylation is 2. The Balaban J connectivity index is 1.53. The molecule has 0 aliphatic heterocycles. The number of aromatic nitrogens is 5. The molecule has 1 aromatic carbocycles. The molecule has 3 aromatic heterocycles. The van der Waals surface area contributed by atoms with Crippen molar-refractivity contribution in [3.05, 3.63) is 76.0 Å². The van der Waals surface area contributed by atoms with E-state index in [1.165, 1.54) is 18.6 Å². The number of pyridine rings is 1. The minimum Gasteiger partial charge on any atom is -0.311 e. The zero-order chi connectivity index (χ0) is 22.0. The number of nitro benzene ring substituents is 1. The topological polar surface area (TPSA) is 133 Å². The molecule has 0 atom stereocenters. The van der Waals surface area contributed by atoms with Crippen LogP contribution in [0.5, 0.6) is 0 Å². The lowest BCUT2D eigenvalue weighted by atomic mass is 10.2. The summed E-state index contributed by atoms with van der Waals surface area (Å²) in [5.41, 5.74) is 4.40. The van der Waals surface area contributed by atoms with Gasteiger partial charge in [0.1, 0.15) is 17.7 Å². The van der Waals surface area contributed by atoms with Crippen molar-refractivity contribution in [1.29, 1.82) is 0 Å². The third-order valence-electron chi connectivity index (χ3n) is 4.35. The number of nitro groups is 1. The van der Waals surface area contributed by atoms with Crippen LogP contribution in [0.3, 0.4) is 0 Å². The molecule has 0 spiro atoms. The molecule has 0 aliphatic carbocycles. The molecule has 4 aromatic rings. The highest BCUT2D eigenvalue weighted by atomic mass is 32.2. The van der Waals surface area contributed by atoms with Crippen molar-refractivity contribution < 1.29 is 9.72 Å². The first-order valence-electron chi connectivity index (χ1n) is 9.01. The van der Waals surface area contributed by atoms with Crippen molar-refractivity contribution in [2.45, 2.75) is 17.0 Å². The third kappa shape index (κ3) is 4.14. The van der Waals surface area contributed by atoms with Crippen LogP contribution in [-0.4, -0.2) is 41.2 Å². The van der Waals surface area contributed by atoms with Crippen molar-refractivity contribution in [2.75, 3.05) is 0 Å². The van der Waals surface area contributed by atoms with Gasteiger partial charge < -0.3 is 4.57 Å². The van der Waals surface area contributed by atoms with E-state index in [9.17, 15) is 14.9 Å². The maximum atomic E-state index is 12.6. The molecule has 3 heterocycles. The molecule has 12 heteroatoms. The van der Waals surface area contributed by atoms with Crippen LogP contribution in [0.15, 0.2) is 64.1 Å². The third-order valence-corrected chi connectivity index (χ3v) is 5.47. The van der Waals surface area contributed by atoms with Crippen LogP contribution in [0.4, 0.5) is 5.69 Å². The number of carbonyl (C=O) groups excluding carboxylic acids is 1. The van der Waals surface area contributed by atoms with Crippen molar-refractivity contribution in [3.63, 3.8) is 0 Å². The van der Waals surface area contributed by atoms with Gasteiger partial charge in [-0.3, -0.25) is 19.3 Å². The first-order chi connectivity index (χ1) is 14.9. The van der Waals surface area contributed by atoms with Gasteiger partial charge in [-0.1, -0.05) is 12.1 Å². The Morgan fingerprint density at radius 3 is 2.90 bits per heavy atom. The maximum Gasteiger partial charge on any atom is 0.290 e. The summed E-state index contributed by atoms with van der Waals surface area (Å²) in [6.07, 6.45) is 4.61. The SMILES string of the molecule is Cc1nc2ccccn2c1C(=O)N/N=C/c1ccc(Sc2nncn2C)c([N+](=O)[O-])c1. The van der Waals surface area contributed by atoms with E-state index in [4.69, 9.17) is 0 Å². The number of rotatable bonds is 6. The van der Waals surface area contributed by atoms with E-state index in [0.717, 1.165) is 11.8 Å². The predicted octanol–water partition coefficient (Wildman–Crippen LogP) is 2.59. The van der Waals surface area contributed by atoms with Crippen LogP contribution < -0.4 is 5.43 Å². The van der Waals surface area contributed by atoms with Crippen LogP contribution in [0.2, 0.25) is 0 Å². The second kappa shape index (κ2) is 8.36. The van der Waals surface area contributed by atoms with Crippen molar-refractivity contribution in [3.8, 4) is 0 Å². The summed E-state index contributed by atoms with van der Waals surface area (Å²) in [5.74, 6) is -0.434. The average Bonchev–Trinajstić information content (AvgIpc) is 3.30. The lowest BCUT2D eigenvalue weighted by Crippen LogP contribution is -2.20. The summed E-state index contributed by atoms with van der Waals surface area (Å²) in [5, 5.41) is 23.7. The average molecular weight is 436 g/mol. The quantitative estimate of drug-likeness (QED) is 0.279. The fraction of sp³-hybridized carbons (Fsp3) is 0.105. The van der Waals surface area contributed by atoms with Gasteiger partial charge in [0.2, 0.25) is 0 Å². The maximum absolute atomic E-state index is 12.6. The Kier molecular flexibility index (Phi) is 5.45. The molecule has 0 saturated heterocycles. The summed E-state index contributed by atoms with van der Waals surface area (Å²) in [6, 6.07) is 10.1. The van der Waals surface area contributed by atoms with Gasteiger partial charge in [-0.2, -0.15) is 5.10 Å². The van der Waals surface area contributed by atoms with Gasteiger partial charge in [-0.25, -0.2) is 10.4 Å². The Labute approximate surface area is 180 Å². The molecule has 0 fully saturated rings. The van der Waals surface area contributed by atoms with Crippen LogP contribution in [0, 0.1) is 17.0 Å². The molecule has 11 nitrogen and oxygen atoms in total. The smallest absolute Gasteiger partial charge is 0.290 e. The standard InChI is InChI=1S/C19H16N8O3S/c1-12-17(26-8-4-3-5-16(26)22-12)18(28)23-20-10-13-6-7-15(14(9-13)27(29)30)31-19-24-21-11-25(19)2/h3-11H,1-2H3,(H,23,28)/b20-10+. The van der Waals surface area contributed by atoms with Gasteiger partial charge in [0.15, 0.2) is 5.16 Å². The van der Waals surface area contributed by atoms with Gasteiger partial charge in [0.05, 0.1) is 21.7 Å². The molecular weight excluding hydrogens is 420 g/mol. The number of fused-ring (bicyclic) bond motifs is 1. The van der Waals surface area contributed by atoms with Crippen LogP contribution in [0.25, 0.3) is 5.65 Å². The lowest BCUT2D eigenvalue weighted by molar-refractivity contribution is -0.387. The summed E-state index contributed by atoms with van der Waals surface area (Å²) in [7, 11) is 1.75. The number of hydrazone groups is 1. The van der Waals surface area contributed by atoms with Gasteiger partial charge in [0, 0.05) is 24.9 Å². The van der Waals surface area contributed by atoms with E-state index in [0.29, 0.717) is 32.7 Å². The number of nitrogens with one attached hydrogen (secondary N) is 1. The molecule has 1 amide bonds. The fourth-order valence-corrected chi connectivity index (χ4v) is 3.76. The van der Waals surface area contributed by atoms with Crippen molar-refractivity contribution >= 4 is 35.2 Å². The predicted molar refractivity (Wildman–Crippen MR) is 113 cm³/mol. The molecule has 0 saturated carbocycles. The summed E-state index contributed by atoms with van der Waals surface area (Å²) in [4.78, 5) is 28.4. The van der Waals surface area contributed by atoms with E-state index in [-0.39, 0.29) is 5.69 Å². The first kappa shape index (κ1) is 20.2. The van der Waals surface area contributed by atoms with E-state index in [1.54, 1.807) is 53.4 Å². The normalized spacial score (nSPS) is 11.3. The number of amides is 1. The molecule has 0 aliphatic rings. The Hall–Kier alpha value is -4.06. The summed E-state index contributed by atoms with van der Waals surface area (Å²) in [6.45, 7) is 1.74. The van der Waals surface area contributed by atoms with E-state index in [2.05, 4.69) is 25.7 Å².